The van der Waals surface area contributed by atoms with Gasteiger partial charge in [0.2, 0.25) is 0 Å². The minimum atomic E-state index is -0.983. The van der Waals surface area contributed by atoms with E-state index in [1.807, 2.05) is 0 Å². The molecule has 114 valence electrons. The summed E-state index contributed by atoms with van der Waals surface area (Å²) in [7, 11) is 1.23. The average molecular weight is 301 g/mol. The minimum absolute atomic E-state index is 0.0299. The van der Waals surface area contributed by atoms with Gasteiger partial charge in [-0.3, -0.25) is 4.79 Å². The largest absolute Gasteiger partial charge is 0.508 e. The molecule has 0 aliphatic rings. The van der Waals surface area contributed by atoms with E-state index in [9.17, 15) is 19.8 Å². The molecule has 0 heterocycles. The van der Waals surface area contributed by atoms with Gasteiger partial charge in [0.1, 0.15) is 11.5 Å². The van der Waals surface area contributed by atoms with Gasteiger partial charge in [0.25, 0.3) is 5.91 Å². The van der Waals surface area contributed by atoms with Crippen LogP contribution in [0.15, 0.2) is 48.5 Å². The van der Waals surface area contributed by atoms with Crippen molar-refractivity contribution in [1.29, 1.82) is 0 Å². The number of carbonyl (C=O) groups excluding carboxylic acids is 2. The van der Waals surface area contributed by atoms with Crippen molar-refractivity contribution in [1.82, 2.24) is 5.32 Å². The van der Waals surface area contributed by atoms with Gasteiger partial charge in [-0.15, -0.1) is 0 Å². The van der Waals surface area contributed by atoms with Crippen LogP contribution >= 0.6 is 0 Å². The second-order valence-corrected chi connectivity index (χ2v) is 4.58. The Kier molecular flexibility index (Phi) is 4.63. The van der Waals surface area contributed by atoms with Crippen LogP contribution in [0, 0.1) is 0 Å². The van der Waals surface area contributed by atoms with Crippen molar-refractivity contribution >= 4 is 11.9 Å². The molecule has 0 aliphatic heterocycles. The number of phenolic OH excluding ortho intramolecular Hbond substituents is 2. The van der Waals surface area contributed by atoms with E-state index in [1.54, 1.807) is 30.3 Å². The van der Waals surface area contributed by atoms with Crippen LogP contribution in [-0.4, -0.2) is 29.2 Å². The summed E-state index contributed by atoms with van der Waals surface area (Å²) < 4.78 is 4.70. The number of rotatable bonds is 4. The number of esters is 1. The Hall–Kier alpha value is -3.02. The summed E-state index contributed by atoms with van der Waals surface area (Å²) in [5.41, 5.74) is 0.592. The Labute approximate surface area is 127 Å². The maximum absolute atomic E-state index is 12.2. The molecule has 6 heteroatoms. The highest BCUT2D eigenvalue weighted by Crippen LogP contribution is 2.21. The maximum atomic E-state index is 12.2. The quantitative estimate of drug-likeness (QED) is 0.748. The van der Waals surface area contributed by atoms with Gasteiger partial charge < -0.3 is 20.3 Å². The van der Waals surface area contributed by atoms with Crippen LogP contribution in [0.1, 0.15) is 22.0 Å². The second kappa shape index (κ2) is 6.62. The standard InChI is InChI=1S/C16H15NO5/c1-22-16(21)14(10-5-3-2-4-6-10)17-15(20)11-7-12(18)9-13(19)8-11/h2-9,14,18-19H,1H3,(H,17,20). The van der Waals surface area contributed by atoms with Crippen molar-refractivity contribution in [3.8, 4) is 11.5 Å². The van der Waals surface area contributed by atoms with Gasteiger partial charge in [-0.25, -0.2) is 4.79 Å². The fraction of sp³-hybridized carbons (Fsp3) is 0.125. The number of carbonyl (C=O) groups is 2. The van der Waals surface area contributed by atoms with Crippen LogP contribution in [0.5, 0.6) is 11.5 Å². The molecule has 22 heavy (non-hydrogen) atoms. The number of benzene rings is 2. The predicted molar refractivity (Wildman–Crippen MR) is 78.4 cm³/mol. The fourth-order valence-corrected chi connectivity index (χ4v) is 1.98. The number of phenols is 2. The summed E-state index contributed by atoms with van der Waals surface area (Å²) in [6, 6.07) is 11.1. The first-order chi connectivity index (χ1) is 10.5. The van der Waals surface area contributed by atoms with E-state index in [0.29, 0.717) is 5.56 Å². The molecule has 3 N–H and O–H groups in total. The fourth-order valence-electron chi connectivity index (χ4n) is 1.98. The van der Waals surface area contributed by atoms with E-state index < -0.39 is 17.9 Å². The van der Waals surface area contributed by atoms with Crippen LogP contribution in [-0.2, 0) is 9.53 Å². The summed E-state index contributed by atoms with van der Waals surface area (Å²) in [6.07, 6.45) is 0. The van der Waals surface area contributed by atoms with E-state index >= 15 is 0 Å². The molecule has 0 spiro atoms. The van der Waals surface area contributed by atoms with Crippen LogP contribution < -0.4 is 5.32 Å². The lowest BCUT2D eigenvalue weighted by Gasteiger charge is -2.17. The molecule has 6 nitrogen and oxygen atoms in total. The lowest BCUT2D eigenvalue weighted by Crippen LogP contribution is -2.34. The van der Waals surface area contributed by atoms with Gasteiger partial charge in [-0.1, -0.05) is 30.3 Å². The first-order valence-corrected chi connectivity index (χ1v) is 6.48. The molecule has 0 bridgehead atoms. The van der Waals surface area contributed by atoms with Gasteiger partial charge in [-0.05, 0) is 17.7 Å². The Balaban J connectivity index is 2.27. The number of ether oxygens (including phenoxy) is 1. The molecule has 0 saturated carbocycles. The molecular formula is C16H15NO5. The van der Waals surface area contributed by atoms with Crippen LogP contribution in [0.2, 0.25) is 0 Å². The van der Waals surface area contributed by atoms with Gasteiger partial charge in [0.15, 0.2) is 6.04 Å². The summed E-state index contributed by atoms with van der Waals surface area (Å²) in [4.78, 5) is 24.1. The third kappa shape index (κ3) is 3.54. The van der Waals surface area contributed by atoms with E-state index in [0.717, 1.165) is 6.07 Å². The zero-order valence-corrected chi connectivity index (χ0v) is 11.8. The molecule has 0 fully saturated rings. The SMILES string of the molecule is COC(=O)C(NC(=O)c1cc(O)cc(O)c1)c1ccccc1. The normalized spacial score (nSPS) is 11.5. The van der Waals surface area contributed by atoms with E-state index in [1.165, 1.54) is 19.2 Å². The summed E-state index contributed by atoms with van der Waals surface area (Å²) in [5, 5.41) is 21.4. The van der Waals surface area contributed by atoms with Gasteiger partial charge in [0, 0.05) is 11.6 Å². The smallest absolute Gasteiger partial charge is 0.333 e. The second-order valence-electron chi connectivity index (χ2n) is 4.58. The Morgan fingerprint density at radius 3 is 2.18 bits per heavy atom. The molecule has 0 radical (unpaired) electrons. The monoisotopic (exact) mass is 301 g/mol. The highest BCUT2D eigenvalue weighted by atomic mass is 16.5. The van der Waals surface area contributed by atoms with Crippen molar-refractivity contribution in [2.75, 3.05) is 7.11 Å². The third-order valence-electron chi connectivity index (χ3n) is 3.01. The number of hydrogen-bond donors (Lipinski definition) is 3. The van der Waals surface area contributed by atoms with Gasteiger partial charge in [-0.2, -0.15) is 0 Å². The predicted octanol–water partition coefficient (Wildman–Crippen LogP) is 1.74. The van der Waals surface area contributed by atoms with E-state index in [4.69, 9.17) is 4.74 Å². The number of hydrogen-bond acceptors (Lipinski definition) is 5. The molecule has 0 aromatic heterocycles. The molecular weight excluding hydrogens is 286 g/mol. The summed E-state index contributed by atoms with van der Waals surface area (Å²) in [6.45, 7) is 0. The molecule has 1 unspecified atom stereocenters. The van der Waals surface area contributed by atoms with Gasteiger partial charge in [0.05, 0.1) is 7.11 Å². The van der Waals surface area contributed by atoms with Crippen molar-refractivity contribution in [3.05, 3.63) is 59.7 Å². The lowest BCUT2D eigenvalue weighted by molar-refractivity contribution is -0.143. The zero-order chi connectivity index (χ0) is 16.1. The zero-order valence-electron chi connectivity index (χ0n) is 11.8. The molecule has 0 saturated heterocycles. The number of methoxy groups -OCH3 is 1. The van der Waals surface area contributed by atoms with Crippen LogP contribution in [0.4, 0.5) is 0 Å². The van der Waals surface area contributed by atoms with E-state index in [2.05, 4.69) is 5.32 Å². The number of nitrogens with one attached hydrogen (secondary N) is 1. The first kappa shape index (κ1) is 15.4. The van der Waals surface area contributed by atoms with Crippen molar-refractivity contribution in [2.24, 2.45) is 0 Å². The number of amides is 1. The maximum Gasteiger partial charge on any atom is 0.333 e. The molecule has 1 atom stereocenters. The Morgan fingerprint density at radius 2 is 1.64 bits per heavy atom. The topological polar surface area (TPSA) is 95.9 Å². The molecule has 2 aromatic rings. The molecule has 2 aromatic carbocycles. The first-order valence-electron chi connectivity index (χ1n) is 6.48. The Bertz CT molecular complexity index is 664. The summed E-state index contributed by atoms with van der Waals surface area (Å²) >= 11 is 0. The minimum Gasteiger partial charge on any atom is -0.508 e. The Morgan fingerprint density at radius 1 is 1.05 bits per heavy atom. The van der Waals surface area contributed by atoms with E-state index in [-0.39, 0.29) is 17.1 Å². The average Bonchev–Trinajstić information content (AvgIpc) is 2.51. The molecule has 0 aliphatic carbocycles. The van der Waals surface area contributed by atoms with Crippen molar-refractivity contribution in [2.45, 2.75) is 6.04 Å². The third-order valence-corrected chi connectivity index (χ3v) is 3.01. The van der Waals surface area contributed by atoms with Crippen molar-refractivity contribution in [3.63, 3.8) is 0 Å². The lowest BCUT2D eigenvalue weighted by atomic mass is 10.1. The highest BCUT2D eigenvalue weighted by molar-refractivity contribution is 5.97. The van der Waals surface area contributed by atoms with Crippen molar-refractivity contribution < 1.29 is 24.5 Å². The highest BCUT2D eigenvalue weighted by Gasteiger charge is 2.24. The molecule has 2 rings (SSSR count). The summed E-state index contributed by atoms with van der Waals surface area (Å²) in [5.74, 6) is -1.74. The molecule has 1 amide bonds. The van der Waals surface area contributed by atoms with Gasteiger partial charge >= 0.3 is 5.97 Å². The van der Waals surface area contributed by atoms with Crippen LogP contribution in [0.3, 0.4) is 0 Å². The van der Waals surface area contributed by atoms with Crippen LogP contribution in [0.25, 0.3) is 0 Å². The number of aromatic hydroxyl groups is 2.